The van der Waals surface area contributed by atoms with Gasteiger partial charge in [-0.25, -0.2) is 0 Å². The Labute approximate surface area is 46.0 Å². The molecule has 0 aliphatic carbocycles. The first-order chi connectivity index (χ1) is 3.48. The highest BCUT2D eigenvalue weighted by Gasteiger charge is 2.20. The molecule has 0 rings (SSSR count). The summed E-state index contributed by atoms with van der Waals surface area (Å²) in [7, 11) is -4.51. The monoisotopic (exact) mass is 136 g/mol. The molecule has 2 N–H and O–H groups in total. The number of hydrogen-bond acceptors (Lipinski definition) is 2. The van der Waals surface area contributed by atoms with E-state index in [1.54, 1.807) is 0 Å². The minimum atomic E-state index is -4.51. The molecule has 0 radical (unpaired) electrons. The van der Waals surface area contributed by atoms with E-state index in [9.17, 15) is 9.36 Å². The van der Waals surface area contributed by atoms with E-state index in [0.717, 1.165) is 0 Å². The maximum Gasteiger partial charge on any atom is 0.395 e. The largest absolute Gasteiger partial charge is 0.395 e. The lowest BCUT2D eigenvalue weighted by Gasteiger charge is -1.93. The molecule has 0 saturated carbocycles. The summed E-state index contributed by atoms with van der Waals surface area (Å²) in [6, 6.07) is 0. The van der Waals surface area contributed by atoms with Crippen molar-refractivity contribution in [2.75, 3.05) is 0 Å². The molecular formula is C3H5O4P. The molecular weight excluding hydrogens is 131 g/mol. The van der Waals surface area contributed by atoms with Gasteiger partial charge in [-0.15, -0.1) is 0 Å². The van der Waals surface area contributed by atoms with Crippen molar-refractivity contribution in [2.24, 2.45) is 0 Å². The van der Waals surface area contributed by atoms with Gasteiger partial charge in [-0.1, -0.05) is 6.58 Å². The van der Waals surface area contributed by atoms with E-state index in [0.29, 0.717) is 6.08 Å². The minimum absolute atomic E-state index is 0.598. The van der Waals surface area contributed by atoms with E-state index in [-0.39, 0.29) is 0 Å². The SMILES string of the molecule is C=CC(=O)P(=O)(O)O. The molecule has 0 aliphatic heterocycles. The van der Waals surface area contributed by atoms with Gasteiger partial charge in [0.25, 0.3) is 5.52 Å². The molecule has 0 aromatic rings. The van der Waals surface area contributed by atoms with Gasteiger partial charge < -0.3 is 9.79 Å². The van der Waals surface area contributed by atoms with Gasteiger partial charge in [0.2, 0.25) is 0 Å². The van der Waals surface area contributed by atoms with E-state index in [1.807, 2.05) is 0 Å². The molecule has 46 valence electrons. The number of allylic oxidation sites excluding steroid dienone is 1. The van der Waals surface area contributed by atoms with Crippen LogP contribution in [0.4, 0.5) is 0 Å². The lowest BCUT2D eigenvalue weighted by atomic mass is 10.7. The third kappa shape index (κ3) is 2.02. The van der Waals surface area contributed by atoms with Crippen molar-refractivity contribution in [2.45, 2.75) is 0 Å². The Kier molecular flexibility index (Phi) is 2.10. The second-order valence-corrected chi connectivity index (χ2v) is 2.62. The Morgan fingerprint density at radius 1 is 1.62 bits per heavy atom. The van der Waals surface area contributed by atoms with Gasteiger partial charge in [0.15, 0.2) is 0 Å². The average molecular weight is 136 g/mol. The van der Waals surface area contributed by atoms with Crippen LogP contribution in [0.3, 0.4) is 0 Å². The second kappa shape index (κ2) is 2.22. The van der Waals surface area contributed by atoms with E-state index in [1.165, 1.54) is 0 Å². The predicted molar refractivity (Wildman–Crippen MR) is 27.2 cm³/mol. The fourth-order valence-electron chi connectivity index (χ4n) is 0.119. The van der Waals surface area contributed by atoms with Crippen LogP contribution in [0.1, 0.15) is 0 Å². The van der Waals surface area contributed by atoms with Gasteiger partial charge in [-0.05, 0) is 6.08 Å². The first-order valence-electron chi connectivity index (χ1n) is 1.71. The first-order valence-corrected chi connectivity index (χ1v) is 3.32. The lowest BCUT2D eigenvalue weighted by molar-refractivity contribution is -0.109. The summed E-state index contributed by atoms with van der Waals surface area (Å²) in [5, 5.41) is 0. The van der Waals surface area contributed by atoms with E-state index < -0.39 is 13.1 Å². The molecule has 0 unspecified atom stereocenters. The normalized spacial score (nSPS) is 10.8. The number of carbonyl (C=O) groups is 1. The molecule has 8 heavy (non-hydrogen) atoms. The van der Waals surface area contributed by atoms with Crippen LogP contribution in [-0.2, 0) is 9.36 Å². The molecule has 0 heterocycles. The summed E-state index contributed by atoms with van der Waals surface area (Å²) < 4.78 is 9.84. The van der Waals surface area contributed by atoms with Crippen LogP contribution in [0.25, 0.3) is 0 Å². The van der Waals surface area contributed by atoms with E-state index in [4.69, 9.17) is 9.79 Å². The third-order valence-corrected chi connectivity index (χ3v) is 1.22. The Hall–Kier alpha value is -0.440. The van der Waals surface area contributed by atoms with Crippen LogP contribution in [0.5, 0.6) is 0 Å². The zero-order chi connectivity index (χ0) is 6.78. The molecule has 0 aromatic carbocycles. The van der Waals surface area contributed by atoms with Crippen molar-refractivity contribution in [3.63, 3.8) is 0 Å². The quantitative estimate of drug-likeness (QED) is 0.409. The maximum atomic E-state index is 9.95. The van der Waals surface area contributed by atoms with Crippen molar-refractivity contribution in [1.82, 2.24) is 0 Å². The summed E-state index contributed by atoms with van der Waals surface area (Å²) >= 11 is 0. The molecule has 0 aromatic heterocycles. The number of carbonyl (C=O) groups excluding carboxylic acids is 1. The lowest BCUT2D eigenvalue weighted by Crippen LogP contribution is -1.91. The summed E-state index contributed by atoms with van der Waals surface area (Å²) in [6.45, 7) is 2.89. The molecule has 0 amide bonds. The highest BCUT2D eigenvalue weighted by Crippen LogP contribution is 2.35. The van der Waals surface area contributed by atoms with Gasteiger partial charge in [-0.2, -0.15) is 0 Å². The van der Waals surface area contributed by atoms with Gasteiger partial charge in [0.05, 0.1) is 0 Å². The van der Waals surface area contributed by atoms with Crippen LogP contribution in [-0.4, -0.2) is 15.3 Å². The van der Waals surface area contributed by atoms with E-state index >= 15 is 0 Å². The average Bonchev–Trinajstić information content (AvgIpc) is 1.62. The Bertz CT molecular complexity index is 155. The standard InChI is InChI=1S/C3H5O4P/c1-2-3(4)8(5,6)7/h2H,1H2,(H2,5,6,7). The Morgan fingerprint density at radius 3 is 2.00 bits per heavy atom. The fraction of sp³-hybridized carbons (Fsp3) is 0. The Balaban J connectivity index is 4.26. The highest BCUT2D eigenvalue weighted by molar-refractivity contribution is 7.70. The Morgan fingerprint density at radius 2 is 2.00 bits per heavy atom. The third-order valence-electron chi connectivity index (χ3n) is 0.462. The topological polar surface area (TPSA) is 74.6 Å². The molecule has 0 aliphatic rings. The minimum Gasteiger partial charge on any atom is -0.319 e. The molecule has 0 bridgehead atoms. The smallest absolute Gasteiger partial charge is 0.319 e. The van der Waals surface area contributed by atoms with Crippen LogP contribution in [0.15, 0.2) is 12.7 Å². The summed E-state index contributed by atoms with van der Waals surface area (Å²) in [5.74, 6) is 0. The highest BCUT2D eigenvalue weighted by atomic mass is 31.2. The fourth-order valence-corrected chi connectivity index (χ4v) is 0.357. The molecule has 5 heteroatoms. The first kappa shape index (κ1) is 7.56. The zero-order valence-corrected chi connectivity index (χ0v) is 4.84. The van der Waals surface area contributed by atoms with Crippen LogP contribution in [0, 0.1) is 0 Å². The maximum absolute atomic E-state index is 9.95. The molecule has 0 spiro atoms. The second-order valence-electron chi connectivity index (χ2n) is 1.09. The van der Waals surface area contributed by atoms with Gasteiger partial charge in [0.1, 0.15) is 0 Å². The van der Waals surface area contributed by atoms with Crippen molar-refractivity contribution >= 4 is 13.1 Å². The van der Waals surface area contributed by atoms with Crippen LogP contribution >= 0.6 is 7.60 Å². The number of hydrogen-bond donors (Lipinski definition) is 2. The zero-order valence-electron chi connectivity index (χ0n) is 3.94. The summed E-state index contributed by atoms with van der Waals surface area (Å²) in [6.07, 6.45) is 0.598. The van der Waals surface area contributed by atoms with Gasteiger partial charge in [0, 0.05) is 0 Å². The van der Waals surface area contributed by atoms with Crippen molar-refractivity contribution < 1.29 is 19.1 Å². The summed E-state index contributed by atoms with van der Waals surface area (Å²) in [4.78, 5) is 25.9. The van der Waals surface area contributed by atoms with E-state index in [2.05, 4.69) is 6.58 Å². The molecule has 0 atom stereocenters. The van der Waals surface area contributed by atoms with Crippen LogP contribution < -0.4 is 0 Å². The van der Waals surface area contributed by atoms with Gasteiger partial charge >= 0.3 is 7.60 Å². The van der Waals surface area contributed by atoms with Crippen molar-refractivity contribution in [3.8, 4) is 0 Å². The summed E-state index contributed by atoms with van der Waals surface area (Å²) in [5.41, 5.74) is -1.24. The predicted octanol–water partition coefficient (Wildman–Crippen LogP) is -0.123. The number of rotatable bonds is 2. The van der Waals surface area contributed by atoms with Crippen LogP contribution in [0.2, 0.25) is 0 Å². The van der Waals surface area contributed by atoms with Crippen molar-refractivity contribution in [3.05, 3.63) is 12.7 Å². The molecule has 4 nitrogen and oxygen atoms in total. The molecule has 0 saturated heterocycles. The van der Waals surface area contributed by atoms with Gasteiger partial charge in [-0.3, -0.25) is 9.36 Å². The van der Waals surface area contributed by atoms with Crippen molar-refractivity contribution in [1.29, 1.82) is 0 Å². The molecule has 0 fully saturated rings.